The van der Waals surface area contributed by atoms with Gasteiger partial charge in [-0.15, -0.1) is 0 Å². The maximum atomic E-state index is 6.02. The van der Waals surface area contributed by atoms with Gasteiger partial charge in [-0.3, -0.25) is 0 Å². The zero-order chi connectivity index (χ0) is 16.7. The normalized spacial score (nSPS) is 12.4. The SMILES string of the molecule is Cc1c(CC(C)NCC(C)C)cccc1OCc1ccccc1. The predicted octanol–water partition coefficient (Wildman–Crippen LogP) is 4.75. The Morgan fingerprint density at radius 1 is 0.957 bits per heavy atom. The predicted molar refractivity (Wildman–Crippen MR) is 98.0 cm³/mol. The largest absolute Gasteiger partial charge is 0.489 e. The van der Waals surface area contributed by atoms with Gasteiger partial charge in [-0.25, -0.2) is 0 Å². The van der Waals surface area contributed by atoms with Gasteiger partial charge < -0.3 is 10.1 Å². The average molecular weight is 311 g/mol. The van der Waals surface area contributed by atoms with E-state index in [1.807, 2.05) is 18.2 Å². The van der Waals surface area contributed by atoms with E-state index in [0.29, 0.717) is 18.6 Å². The number of rotatable bonds is 8. The molecule has 0 fully saturated rings. The first kappa shape index (κ1) is 17.6. The third-order valence-electron chi connectivity index (χ3n) is 4.03. The lowest BCUT2D eigenvalue weighted by Crippen LogP contribution is -2.31. The van der Waals surface area contributed by atoms with Crippen LogP contribution in [0.5, 0.6) is 5.75 Å². The molecule has 0 aliphatic heterocycles. The van der Waals surface area contributed by atoms with Crippen molar-refractivity contribution in [3.8, 4) is 5.75 Å². The first-order valence-corrected chi connectivity index (χ1v) is 8.55. The van der Waals surface area contributed by atoms with Crippen molar-refractivity contribution in [2.75, 3.05) is 6.54 Å². The maximum Gasteiger partial charge on any atom is 0.122 e. The fourth-order valence-corrected chi connectivity index (χ4v) is 2.61. The summed E-state index contributed by atoms with van der Waals surface area (Å²) in [6.45, 7) is 10.6. The van der Waals surface area contributed by atoms with Gasteiger partial charge in [-0.1, -0.05) is 56.3 Å². The van der Waals surface area contributed by atoms with Crippen LogP contribution in [-0.2, 0) is 13.0 Å². The van der Waals surface area contributed by atoms with Gasteiger partial charge >= 0.3 is 0 Å². The summed E-state index contributed by atoms with van der Waals surface area (Å²) >= 11 is 0. The van der Waals surface area contributed by atoms with Crippen molar-refractivity contribution >= 4 is 0 Å². The monoisotopic (exact) mass is 311 g/mol. The van der Waals surface area contributed by atoms with Gasteiger partial charge in [0.2, 0.25) is 0 Å². The second kappa shape index (κ2) is 8.73. The third-order valence-corrected chi connectivity index (χ3v) is 4.03. The maximum absolute atomic E-state index is 6.02. The van der Waals surface area contributed by atoms with E-state index in [0.717, 1.165) is 18.7 Å². The molecule has 0 aliphatic carbocycles. The molecule has 2 rings (SSSR count). The molecule has 0 bridgehead atoms. The molecule has 0 aliphatic rings. The summed E-state index contributed by atoms with van der Waals surface area (Å²) in [5.74, 6) is 1.67. The summed E-state index contributed by atoms with van der Waals surface area (Å²) in [5.41, 5.74) is 3.81. The van der Waals surface area contributed by atoms with Gasteiger partial charge in [0, 0.05) is 6.04 Å². The summed E-state index contributed by atoms with van der Waals surface area (Å²) in [6, 6.07) is 17.1. The Morgan fingerprint density at radius 2 is 1.70 bits per heavy atom. The Labute approximate surface area is 140 Å². The van der Waals surface area contributed by atoms with Gasteiger partial charge in [0.25, 0.3) is 0 Å². The fraction of sp³-hybridized carbons (Fsp3) is 0.429. The molecule has 2 aromatic carbocycles. The Morgan fingerprint density at radius 3 is 2.39 bits per heavy atom. The van der Waals surface area contributed by atoms with Crippen molar-refractivity contribution in [3.05, 3.63) is 65.2 Å². The molecule has 0 saturated carbocycles. The van der Waals surface area contributed by atoms with Crippen molar-refractivity contribution in [1.82, 2.24) is 5.32 Å². The highest BCUT2D eigenvalue weighted by atomic mass is 16.5. The van der Waals surface area contributed by atoms with E-state index in [1.165, 1.54) is 16.7 Å². The van der Waals surface area contributed by atoms with E-state index in [9.17, 15) is 0 Å². The van der Waals surface area contributed by atoms with E-state index in [4.69, 9.17) is 4.74 Å². The average Bonchev–Trinajstić information content (AvgIpc) is 2.55. The molecule has 0 saturated heterocycles. The minimum absolute atomic E-state index is 0.473. The van der Waals surface area contributed by atoms with Crippen LogP contribution in [0.3, 0.4) is 0 Å². The van der Waals surface area contributed by atoms with Gasteiger partial charge in [-0.05, 0) is 55.5 Å². The topological polar surface area (TPSA) is 21.3 Å². The Kier molecular flexibility index (Phi) is 6.66. The van der Waals surface area contributed by atoms with Crippen molar-refractivity contribution in [2.24, 2.45) is 5.92 Å². The van der Waals surface area contributed by atoms with E-state index in [2.05, 4.69) is 63.3 Å². The van der Waals surface area contributed by atoms with E-state index in [-0.39, 0.29) is 0 Å². The lowest BCUT2D eigenvalue weighted by molar-refractivity contribution is 0.303. The highest BCUT2D eigenvalue weighted by Crippen LogP contribution is 2.23. The summed E-state index contributed by atoms with van der Waals surface area (Å²) < 4.78 is 6.02. The zero-order valence-electron chi connectivity index (χ0n) is 14.8. The molecular weight excluding hydrogens is 282 g/mol. The van der Waals surface area contributed by atoms with Crippen LogP contribution < -0.4 is 10.1 Å². The molecule has 0 aromatic heterocycles. The molecule has 124 valence electrons. The Hall–Kier alpha value is -1.80. The molecule has 2 nitrogen and oxygen atoms in total. The minimum atomic E-state index is 0.473. The highest BCUT2D eigenvalue weighted by Gasteiger charge is 2.09. The van der Waals surface area contributed by atoms with Gasteiger partial charge in [0.15, 0.2) is 0 Å². The quantitative estimate of drug-likeness (QED) is 0.759. The molecule has 0 spiro atoms. The lowest BCUT2D eigenvalue weighted by Gasteiger charge is -2.18. The minimum Gasteiger partial charge on any atom is -0.489 e. The van der Waals surface area contributed by atoms with E-state index in [1.54, 1.807) is 0 Å². The smallest absolute Gasteiger partial charge is 0.122 e. The zero-order valence-corrected chi connectivity index (χ0v) is 14.8. The van der Waals surface area contributed by atoms with Gasteiger partial charge in [0.1, 0.15) is 12.4 Å². The molecule has 2 aromatic rings. The first-order valence-electron chi connectivity index (χ1n) is 8.55. The number of nitrogens with one attached hydrogen (secondary N) is 1. The molecular formula is C21H29NO. The standard InChI is InChI=1S/C21H29NO/c1-16(2)14-22-17(3)13-20-11-8-12-21(18(20)4)23-15-19-9-6-5-7-10-19/h5-12,16-17,22H,13-15H2,1-4H3. The number of benzene rings is 2. The van der Waals surface area contributed by atoms with Crippen molar-refractivity contribution in [1.29, 1.82) is 0 Å². The van der Waals surface area contributed by atoms with Crippen LogP contribution in [0.2, 0.25) is 0 Å². The summed E-state index contributed by atoms with van der Waals surface area (Å²) in [4.78, 5) is 0. The molecule has 1 N–H and O–H groups in total. The van der Waals surface area contributed by atoms with Crippen LogP contribution in [0.4, 0.5) is 0 Å². The van der Waals surface area contributed by atoms with Crippen molar-refractivity contribution in [3.63, 3.8) is 0 Å². The Bertz CT molecular complexity index is 592. The van der Waals surface area contributed by atoms with Crippen LogP contribution >= 0.6 is 0 Å². The van der Waals surface area contributed by atoms with Crippen LogP contribution in [0.25, 0.3) is 0 Å². The highest BCUT2D eigenvalue weighted by molar-refractivity contribution is 5.39. The summed E-state index contributed by atoms with van der Waals surface area (Å²) in [6.07, 6.45) is 1.03. The van der Waals surface area contributed by atoms with E-state index >= 15 is 0 Å². The van der Waals surface area contributed by atoms with Crippen LogP contribution in [0, 0.1) is 12.8 Å². The van der Waals surface area contributed by atoms with Gasteiger partial charge in [0.05, 0.1) is 0 Å². The van der Waals surface area contributed by atoms with Gasteiger partial charge in [-0.2, -0.15) is 0 Å². The number of hydrogen-bond donors (Lipinski definition) is 1. The van der Waals surface area contributed by atoms with Crippen LogP contribution in [0.15, 0.2) is 48.5 Å². The van der Waals surface area contributed by atoms with Crippen LogP contribution in [-0.4, -0.2) is 12.6 Å². The number of ether oxygens (including phenoxy) is 1. The first-order chi connectivity index (χ1) is 11.1. The summed E-state index contributed by atoms with van der Waals surface area (Å²) in [7, 11) is 0. The second-order valence-electron chi connectivity index (χ2n) is 6.72. The fourth-order valence-electron chi connectivity index (χ4n) is 2.61. The molecule has 0 amide bonds. The summed E-state index contributed by atoms with van der Waals surface area (Å²) in [5, 5.41) is 3.59. The van der Waals surface area contributed by atoms with Crippen LogP contribution in [0.1, 0.15) is 37.5 Å². The molecule has 23 heavy (non-hydrogen) atoms. The molecule has 1 unspecified atom stereocenters. The molecule has 0 radical (unpaired) electrons. The lowest BCUT2D eigenvalue weighted by atomic mass is 10.0. The second-order valence-corrected chi connectivity index (χ2v) is 6.72. The molecule has 2 heteroatoms. The Balaban J connectivity index is 1.97. The van der Waals surface area contributed by atoms with E-state index < -0.39 is 0 Å². The molecule has 0 heterocycles. The molecule has 1 atom stereocenters. The van der Waals surface area contributed by atoms with Crippen molar-refractivity contribution < 1.29 is 4.74 Å². The number of hydrogen-bond acceptors (Lipinski definition) is 2. The third kappa shape index (κ3) is 5.72. The van der Waals surface area contributed by atoms with Crippen molar-refractivity contribution in [2.45, 2.75) is 46.8 Å².